The molecule has 4 nitrogen and oxygen atoms in total. The SMILES string of the molecule is COc1ccc(Br)cc1NC(=O)C1(C)CCCO1. The molecular weight excluding hydrogens is 298 g/mol. The molecule has 1 aromatic rings. The Balaban J connectivity index is 2.18. The van der Waals surface area contributed by atoms with Crippen LogP contribution in [0.1, 0.15) is 19.8 Å². The smallest absolute Gasteiger partial charge is 0.256 e. The molecule has 1 N–H and O–H groups in total. The van der Waals surface area contributed by atoms with Gasteiger partial charge in [-0.25, -0.2) is 0 Å². The highest BCUT2D eigenvalue weighted by Gasteiger charge is 2.38. The third-order valence-corrected chi connectivity index (χ3v) is 3.60. The third kappa shape index (κ3) is 2.67. The zero-order chi connectivity index (χ0) is 13.2. The number of halogens is 1. The van der Waals surface area contributed by atoms with Crippen molar-refractivity contribution in [2.24, 2.45) is 0 Å². The van der Waals surface area contributed by atoms with E-state index < -0.39 is 5.60 Å². The van der Waals surface area contributed by atoms with E-state index in [0.717, 1.165) is 17.3 Å². The predicted octanol–water partition coefficient (Wildman–Crippen LogP) is 2.97. The van der Waals surface area contributed by atoms with Gasteiger partial charge in [-0.2, -0.15) is 0 Å². The molecule has 1 atom stereocenters. The minimum Gasteiger partial charge on any atom is -0.495 e. The monoisotopic (exact) mass is 313 g/mol. The van der Waals surface area contributed by atoms with Crippen molar-refractivity contribution in [2.75, 3.05) is 19.0 Å². The van der Waals surface area contributed by atoms with Crippen molar-refractivity contribution in [2.45, 2.75) is 25.4 Å². The van der Waals surface area contributed by atoms with Gasteiger partial charge in [0.05, 0.1) is 12.8 Å². The van der Waals surface area contributed by atoms with Crippen LogP contribution in [0.5, 0.6) is 5.75 Å². The Labute approximate surface area is 115 Å². The quantitative estimate of drug-likeness (QED) is 0.933. The van der Waals surface area contributed by atoms with Gasteiger partial charge in [0.2, 0.25) is 0 Å². The maximum absolute atomic E-state index is 12.2. The van der Waals surface area contributed by atoms with Crippen molar-refractivity contribution >= 4 is 27.5 Å². The van der Waals surface area contributed by atoms with Gasteiger partial charge >= 0.3 is 0 Å². The average molecular weight is 314 g/mol. The van der Waals surface area contributed by atoms with Gasteiger partial charge in [0.1, 0.15) is 11.4 Å². The molecule has 2 rings (SSSR count). The molecule has 1 heterocycles. The standard InChI is InChI=1S/C13H16BrNO3/c1-13(6-3-7-18-13)12(16)15-10-8-9(14)4-5-11(10)17-2/h4-5,8H,3,6-7H2,1-2H3,(H,15,16). The summed E-state index contributed by atoms with van der Waals surface area (Å²) < 4.78 is 11.6. The van der Waals surface area contributed by atoms with Gasteiger partial charge in [0, 0.05) is 11.1 Å². The van der Waals surface area contributed by atoms with E-state index >= 15 is 0 Å². The number of carbonyl (C=O) groups excluding carboxylic acids is 1. The Morgan fingerprint density at radius 3 is 2.94 bits per heavy atom. The second-order valence-electron chi connectivity index (χ2n) is 4.48. The van der Waals surface area contributed by atoms with Crippen LogP contribution in [0.25, 0.3) is 0 Å². The minimum atomic E-state index is -0.729. The number of rotatable bonds is 3. The summed E-state index contributed by atoms with van der Waals surface area (Å²) in [5, 5.41) is 2.87. The second kappa shape index (κ2) is 5.28. The van der Waals surface area contributed by atoms with Gasteiger partial charge in [-0.3, -0.25) is 4.79 Å². The molecule has 0 saturated carbocycles. The number of amides is 1. The van der Waals surface area contributed by atoms with Crippen LogP contribution in [-0.2, 0) is 9.53 Å². The van der Waals surface area contributed by atoms with Crippen LogP contribution in [0.3, 0.4) is 0 Å². The predicted molar refractivity (Wildman–Crippen MR) is 72.9 cm³/mol. The molecule has 98 valence electrons. The van der Waals surface area contributed by atoms with E-state index in [9.17, 15) is 4.79 Å². The van der Waals surface area contributed by atoms with Gasteiger partial charge in [-0.1, -0.05) is 15.9 Å². The molecule has 1 amide bonds. The zero-order valence-corrected chi connectivity index (χ0v) is 12.0. The normalized spacial score (nSPS) is 22.8. The largest absolute Gasteiger partial charge is 0.495 e. The van der Waals surface area contributed by atoms with E-state index in [1.54, 1.807) is 13.2 Å². The van der Waals surface area contributed by atoms with Gasteiger partial charge in [-0.05, 0) is 38.0 Å². The van der Waals surface area contributed by atoms with Crippen LogP contribution in [0.2, 0.25) is 0 Å². The zero-order valence-electron chi connectivity index (χ0n) is 10.5. The first kappa shape index (κ1) is 13.4. The number of hydrogen-bond acceptors (Lipinski definition) is 3. The highest BCUT2D eigenvalue weighted by atomic mass is 79.9. The number of methoxy groups -OCH3 is 1. The summed E-state index contributed by atoms with van der Waals surface area (Å²) in [5.74, 6) is 0.504. The van der Waals surface area contributed by atoms with Gasteiger partial charge in [-0.15, -0.1) is 0 Å². The molecule has 0 radical (unpaired) electrons. The van der Waals surface area contributed by atoms with Crippen molar-refractivity contribution < 1.29 is 14.3 Å². The Kier molecular flexibility index (Phi) is 3.92. The number of anilines is 1. The summed E-state index contributed by atoms with van der Waals surface area (Å²) in [4.78, 5) is 12.2. The van der Waals surface area contributed by atoms with Gasteiger partial charge in [0.25, 0.3) is 5.91 Å². The van der Waals surface area contributed by atoms with Crippen molar-refractivity contribution in [1.82, 2.24) is 0 Å². The Bertz CT molecular complexity index is 456. The first-order valence-electron chi connectivity index (χ1n) is 5.84. The molecular formula is C13H16BrNO3. The van der Waals surface area contributed by atoms with Crippen LogP contribution in [0, 0.1) is 0 Å². The lowest BCUT2D eigenvalue weighted by Crippen LogP contribution is -2.39. The second-order valence-corrected chi connectivity index (χ2v) is 5.40. The molecule has 0 aliphatic carbocycles. The fourth-order valence-electron chi connectivity index (χ4n) is 1.99. The van der Waals surface area contributed by atoms with Crippen LogP contribution in [0.4, 0.5) is 5.69 Å². The summed E-state index contributed by atoms with van der Waals surface area (Å²) in [6, 6.07) is 5.48. The van der Waals surface area contributed by atoms with Crippen molar-refractivity contribution in [3.8, 4) is 5.75 Å². The highest BCUT2D eigenvalue weighted by molar-refractivity contribution is 9.10. The maximum Gasteiger partial charge on any atom is 0.256 e. The number of benzene rings is 1. The fourth-order valence-corrected chi connectivity index (χ4v) is 2.35. The van der Waals surface area contributed by atoms with Crippen molar-refractivity contribution in [1.29, 1.82) is 0 Å². The average Bonchev–Trinajstić information content (AvgIpc) is 2.78. The van der Waals surface area contributed by atoms with Crippen LogP contribution < -0.4 is 10.1 Å². The van der Waals surface area contributed by atoms with Gasteiger partial charge < -0.3 is 14.8 Å². The van der Waals surface area contributed by atoms with Crippen LogP contribution >= 0.6 is 15.9 Å². The van der Waals surface area contributed by atoms with Crippen molar-refractivity contribution in [3.05, 3.63) is 22.7 Å². The lowest BCUT2D eigenvalue weighted by molar-refractivity contribution is -0.133. The van der Waals surface area contributed by atoms with Gasteiger partial charge in [0.15, 0.2) is 0 Å². The van der Waals surface area contributed by atoms with Crippen LogP contribution in [0.15, 0.2) is 22.7 Å². The minimum absolute atomic E-state index is 0.128. The Morgan fingerprint density at radius 1 is 1.56 bits per heavy atom. The molecule has 0 bridgehead atoms. The van der Waals surface area contributed by atoms with Crippen molar-refractivity contribution in [3.63, 3.8) is 0 Å². The van der Waals surface area contributed by atoms with E-state index in [0.29, 0.717) is 18.0 Å². The number of carbonyl (C=O) groups is 1. The van der Waals surface area contributed by atoms with E-state index in [1.807, 2.05) is 19.1 Å². The third-order valence-electron chi connectivity index (χ3n) is 3.11. The van der Waals surface area contributed by atoms with E-state index in [2.05, 4.69) is 21.2 Å². The summed E-state index contributed by atoms with van der Waals surface area (Å²) in [7, 11) is 1.58. The summed E-state index contributed by atoms with van der Waals surface area (Å²) >= 11 is 3.37. The Hall–Kier alpha value is -1.07. The first-order chi connectivity index (χ1) is 8.55. The topological polar surface area (TPSA) is 47.6 Å². The number of hydrogen-bond donors (Lipinski definition) is 1. The maximum atomic E-state index is 12.2. The molecule has 1 fully saturated rings. The van der Waals surface area contributed by atoms with Crippen LogP contribution in [-0.4, -0.2) is 25.2 Å². The summed E-state index contributed by atoms with van der Waals surface area (Å²) in [5.41, 5.74) is -0.0820. The molecule has 1 saturated heterocycles. The van der Waals surface area contributed by atoms with E-state index in [1.165, 1.54) is 0 Å². The summed E-state index contributed by atoms with van der Waals surface area (Å²) in [6.45, 7) is 2.46. The Morgan fingerprint density at radius 2 is 2.33 bits per heavy atom. The lowest BCUT2D eigenvalue weighted by atomic mass is 10.0. The highest BCUT2D eigenvalue weighted by Crippen LogP contribution is 2.31. The lowest BCUT2D eigenvalue weighted by Gasteiger charge is -2.22. The molecule has 0 spiro atoms. The summed E-state index contributed by atoms with van der Waals surface area (Å²) in [6.07, 6.45) is 1.66. The molecule has 1 aliphatic rings. The first-order valence-corrected chi connectivity index (χ1v) is 6.63. The van der Waals surface area contributed by atoms with E-state index in [4.69, 9.17) is 9.47 Å². The molecule has 18 heavy (non-hydrogen) atoms. The fraction of sp³-hybridized carbons (Fsp3) is 0.462. The number of nitrogens with one attached hydrogen (secondary N) is 1. The molecule has 1 unspecified atom stereocenters. The molecule has 1 aromatic carbocycles. The number of ether oxygens (including phenoxy) is 2. The molecule has 0 aromatic heterocycles. The molecule has 5 heteroatoms. The van der Waals surface area contributed by atoms with E-state index in [-0.39, 0.29) is 5.91 Å². The molecule has 1 aliphatic heterocycles.